The summed E-state index contributed by atoms with van der Waals surface area (Å²) in [6.45, 7) is 2.12. The van der Waals surface area contributed by atoms with Gasteiger partial charge in [-0.2, -0.15) is 0 Å². The molecule has 2 aromatic rings. The van der Waals surface area contributed by atoms with Gasteiger partial charge < -0.3 is 16.0 Å². The second-order valence-corrected chi connectivity index (χ2v) is 5.39. The third-order valence-electron chi connectivity index (χ3n) is 3.45. The predicted molar refractivity (Wildman–Crippen MR) is 95.2 cm³/mol. The molecule has 0 unspecified atom stereocenters. The van der Waals surface area contributed by atoms with E-state index in [2.05, 4.69) is 20.9 Å². The molecule has 0 radical (unpaired) electrons. The van der Waals surface area contributed by atoms with E-state index in [4.69, 9.17) is 0 Å². The predicted octanol–water partition coefficient (Wildman–Crippen LogP) is 1.70. The van der Waals surface area contributed by atoms with Crippen molar-refractivity contribution in [1.82, 2.24) is 15.6 Å². The van der Waals surface area contributed by atoms with Gasteiger partial charge >= 0.3 is 0 Å². The normalized spacial score (nSPS) is 10.2. The van der Waals surface area contributed by atoms with E-state index >= 15 is 0 Å². The van der Waals surface area contributed by atoms with Crippen molar-refractivity contribution in [2.75, 3.05) is 25.0 Å². The number of pyridine rings is 1. The number of amides is 1. The molecule has 3 N–H and O–H groups in total. The van der Waals surface area contributed by atoms with Crippen LogP contribution < -0.4 is 16.0 Å². The number of nitrogens with one attached hydrogen (secondary N) is 3. The summed E-state index contributed by atoms with van der Waals surface area (Å²) in [5, 5.41) is 19.6. The average molecular weight is 343 g/mol. The summed E-state index contributed by atoms with van der Waals surface area (Å²) in [5.41, 5.74) is 1.96. The van der Waals surface area contributed by atoms with Gasteiger partial charge in [-0.3, -0.25) is 19.9 Å². The van der Waals surface area contributed by atoms with Gasteiger partial charge in [-0.25, -0.2) is 0 Å². The number of rotatable bonds is 10. The van der Waals surface area contributed by atoms with Gasteiger partial charge in [0, 0.05) is 49.8 Å². The lowest BCUT2D eigenvalue weighted by atomic mass is 10.2. The summed E-state index contributed by atoms with van der Waals surface area (Å²) in [4.78, 5) is 25.8. The number of nitrogens with zero attached hydrogens (tertiary/aromatic N) is 2. The first kappa shape index (κ1) is 18.3. The summed E-state index contributed by atoms with van der Waals surface area (Å²) in [7, 11) is 0. The van der Waals surface area contributed by atoms with Crippen molar-refractivity contribution >= 4 is 17.3 Å². The minimum absolute atomic E-state index is 0.0515. The van der Waals surface area contributed by atoms with E-state index in [9.17, 15) is 14.9 Å². The van der Waals surface area contributed by atoms with Crippen LogP contribution in [0.1, 0.15) is 12.0 Å². The summed E-state index contributed by atoms with van der Waals surface area (Å²) >= 11 is 0. The minimum Gasteiger partial charge on any atom is -0.385 e. The molecular weight excluding hydrogens is 322 g/mol. The summed E-state index contributed by atoms with van der Waals surface area (Å²) in [6.07, 6.45) is 4.19. The Labute approximate surface area is 145 Å². The molecule has 0 bridgehead atoms. The van der Waals surface area contributed by atoms with Crippen LogP contribution in [-0.2, 0) is 11.3 Å². The summed E-state index contributed by atoms with van der Waals surface area (Å²) < 4.78 is 0. The molecule has 25 heavy (non-hydrogen) atoms. The molecule has 0 atom stereocenters. The van der Waals surface area contributed by atoms with Gasteiger partial charge in [-0.15, -0.1) is 0 Å². The number of carbonyl (C=O) groups excluding carboxylic acids is 1. The largest absolute Gasteiger partial charge is 0.385 e. The SMILES string of the molecule is O=C(CNCc1ccncc1)NCCCNc1ccc([N+](=O)[O-])cc1. The molecule has 0 fully saturated rings. The number of benzene rings is 1. The quantitative estimate of drug-likeness (QED) is 0.344. The van der Waals surface area contributed by atoms with Gasteiger partial charge in [0.25, 0.3) is 5.69 Å². The zero-order valence-electron chi connectivity index (χ0n) is 13.8. The highest BCUT2D eigenvalue weighted by molar-refractivity contribution is 5.77. The van der Waals surface area contributed by atoms with Crippen LogP contribution in [0.25, 0.3) is 0 Å². The molecule has 0 aliphatic heterocycles. The molecule has 0 aliphatic rings. The van der Waals surface area contributed by atoms with Crippen molar-refractivity contribution in [2.24, 2.45) is 0 Å². The summed E-state index contributed by atoms with van der Waals surface area (Å²) in [6, 6.07) is 10.0. The first-order chi connectivity index (χ1) is 12.1. The number of carbonyl (C=O) groups is 1. The molecule has 2 rings (SSSR count). The fourth-order valence-electron chi connectivity index (χ4n) is 2.13. The van der Waals surface area contributed by atoms with Crippen LogP contribution in [0.2, 0.25) is 0 Å². The number of nitro benzene ring substituents is 1. The number of aromatic nitrogens is 1. The molecule has 8 heteroatoms. The van der Waals surface area contributed by atoms with E-state index < -0.39 is 4.92 Å². The lowest BCUT2D eigenvalue weighted by Crippen LogP contribution is -2.34. The van der Waals surface area contributed by atoms with Gasteiger partial charge in [0.15, 0.2) is 0 Å². The molecule has 0 aliphatic carbocycles. The molecule has 1 aromatic carbocycles. The van der Waals surface area contributed by atoms with Gasteiger partial charge in [-0.1, -0.05) is 0 Å². The van der Waals surface area contributed by atoms with E-state index in [1.165, 1.54) is 12.1 Å². The van der Waals surface area contributed by atoms with Crippen LogP contribution in [0.4, 0.5) is 11.4 Å². The van der Waals surface area contributed by atoms with Crippen LogP contribution >= 0.6 is 0 Å². The molecular formula is C17H21N5O3. The molecule has 1 amide bonds. The van der Waals surface area contributed by atoms with Crippen LogP contribution in [0.5, 0.6) is 0 Å². The molecule has 1 aromatic heterocycles. The molecule has 0 saturated heterocycles. The Morgan fingerprint density at radius 3 is 2.48 bits per heavy atom. The first-order valence-electron chi connectivity index (χ1n) is 8.00. The highest BCUT2D eigenvalue weighted by atomic mass is 16.6. The van der Waals surface area contributed by atoms with E-state index in [1.54, 1.807) is 24.5 Å². The maximum Gasteiger partial charge on any atom is 0.269 e. The third-order valence-corrected chi connectivity index (χ3v) is 3.45. The smallest absolute Gasteiger partial charge is 0.269 e. The molecule has 132 valence electrons. The van der Waals surface area contributed by atoms with Gasteiger partial charge in [0.2, 0.25) is 5.91 Å². The molecule has 0 saturated carbocycles. The fraction of sp³-hybridized carbons (Fsp3) is 0.294. The molecule has 1 heterocycles. The fourth-order valence-corrected chi connectivity index (χ4v) is 2.13. The number of hydrogen-bond donors (Lipinski definition) is 3. The topological polar surface area (TPSA) is 109 Å². The highest BCUT2D eigenvalue weighted by Crippen LogP contribution is 2.15. The number of non-ortho nitro benzene ring substituents is 1. The van der Waals surface area contributed by atoms with Crippen molar-refractivity contribution in [1.29, 1.82) is 0 Å². The lowest BCUT2D eigenvalue weighted by molar-refractivity contribution is -0.384. The Morgan fingerprint density at radius 2 is 1.80 bits per heavy atom. The Morgan fingerprint density at radius 1 is 1.08 bits per heavy atom. The van der Waals surface area contributed by atoms with Crippen LogP contribution in [0.15, 0.2) is 48.8 Å². The summed E-state index contributed by atoms with van der Waals surface area (Å²) in [5.74, 6) is -0.0515. The zero-order valence-corrected chi connectivity index (χ0v) is 13.8. The van der Waals surface area contributed by atoms with Crippen molar-refractivity contribution in [3.05, 3.63) is 64.5 Å². The maximum absolute atomic E-state index is 11.7. The van der Waals surface area contributed by atoms with Crippen LogP contribution in [-0.4, -0.2) is 35.4 Å². The lowest BCUT2D eigenvalue weighted by Gasteiger charge is -2.08. The number of nitro groups is 1. The van der Waals surface area contributed by atoms with Crippen molar-refractivity contribution < 1.29 is 9.72 Å². The second kappa shape index (κ2) is 9.99. The Balaban J connectivity index is 1.53. The van der Waals surface area contributed by atoms with E-state index in [1.807, 2.05) is 12.1 Å². The zero-order chi connectivity index (χ0) is 17.9. The van der Waals surface area contributed by atoms with Crippen LogP contribution in [0.3, 0.4) is 0 Å². The van der Waals surface area contributed by atoms with E-state index in [-0.39, 0.29) is 18.1 Å². The standard InChI is InChI=1S/C17H21N5O3/c23-17(13-19-12-14-6-10-18-11-7-14)21-9-1-8-20-15-2-4-16(5-3-15)22(24)25/h2-7,10-11,19-20H,1,8-9,12-13H2,(H,21,23). The van der Waals surface area contributed by atoms with Gasteiger partial charge in [0.05, 0.1) is 11.5 Å². The van der Waals surface area contributed by atoms with Gasteiger partial charge in [-0.05, 0) is 36.2 Å². The van der Waals surface area contributed by atoms with Gasteiger partial charge in [0.1, 0.15) is 0 Å². The van der Waals surface area contributed by atoms with E-state index in [0.717, 1.165) is 17.7 Å². The molecule has 0 spiro atoms. The number of hydrogen-bond acceptors (Lipinski definition) is 6. The maximum atomic E-state index is 11.7. The first-order valence-corrected chi connectivity index (χ1v) is 8.00. The monoisotopic (exact) mass is 343 g/mol. The highest BCUT2D eigenvalue weighted by Gasteiger charge is 2.03. The Bertz CT molecular complexity index is 676. The van der Waals surface area contributed by atoms with Crippen molar-refractivity contribution in [2.45, 2.75) is 13.0 Å². The van der Waals surface area contributed by atoms with Crippen LogP contribution in [0, 0.1) is 10.1 Å². The minimum atomic E-state index is -0.429. The van der Waals surface area contributed by atoms with Crippen molar-refractivity contribution in [3.63, 3.8) is 0 Å². The van der Waals surface area contributed by atoms with E-state index in [0.29, 0.717) is 19.6 Å². The Kier molecular flexibility index (Phi) is 7.33. The second-order valence-electron chi connectivity index (χ2n) is 5.39. The molecule has 8 nitrogen and oxygen atoms in total. The number of anilines is 1. The van der Waals surface area contributed by atoms with Crippen molar-refractivity contribution in [3.8, 4) is 0 Å². The average Bonchev–Trinajstić information content (AvgIpc) is 2.63. The third kappa shape index (κ3) is 6.96. The Hall–Kier alpha value is -3.00.